The first-order valence-corrected chi connectivity index (χ1v) is 10.9. The van der Waals surface area contributed by atoms with Crippen molar-refractivity contribution in [1.29, 1.82) is 0 Å². The molecule has 0 radical (unpaired) electrons. The van der Waals surface area contributed by atoms with Crippen molar-refractivity contribution < 1.29 is 18.7 Å². The van der Waals surface area contributed by atoms with Crippen LogP contribution in [0.4, 0.5) is 10.1 Å². The van der Waals surface area contributed by atoms with Crippen LogP contribution in [0, 0.1) is 5.82 Å². The van der Waals surface area contributed by atoms with Gasteiger partial charge in [-0.3, -0.25) is 0 Å². The van der Waals surface area contributed by atoms with Crippen LogP contribution in [0.3, 0.4) is 0 Å². The molecule has 0 aliphatic carbocycles. The van der Waals surface area contributed by atoms with E-state index >= 15 is 4.39 Å². The molecule has 0 spiro atoms. The number of nitrogens with zero attached hydrogens (tertiary/aromatic N) is 5. The lowest BCUT2D eigenvalue weighted by atomic mass is 10.0. The minimum Gasteiger partial charge on any atom is -0.446 e. The minimum absolute atomic E-state index is 0.262. The first-order valence-electron chi connectivity index (χ1n) is 10.9. The summed E-state index contributed by atoms with van der Waals surface area (Å²) >= 11 is 0. The van der Waals surface area contributed by atoms with E-state index in [0.29, 0.717) is 52.7 Å². The Labute approximate surface area is 193 Å². The summed E-state index contributed by atoms with van der Waals surface area (Å²) in [6, 6.07) is 12.3. The molecule has 0 amide bonds. The van der Waals surface area contributed by atoms with Crippen molar-refractivity contribution in [2.24, 2.45) is 0 Å². The molecule has 0 bridgehead atoms. The molecular formula is C25H20FN5O3. The molecule has 170 valence electrons. The van der Waals surface area contributed by atoms with Crippen molar-refractivity contribution in [2.45, 2.75) is 6.61 Å². The van der Waals surface area contributed by atoms with Gasteiger partial charge in [0.05, 0.1) is 48.4 Å². The summed E-state index contributed by atoms with van der Waals surface area (Å²) in [4.78, 5) is 20.0. The molecule has 5 aromatic rings. The standard InChI is InChI=1S/C25H20FN5O3/c26-20-4-1-15(24-29-22(13-32)18-5-8-34-25(18)30-24)11-19(20)23-17-3-2-16(12-21(17)27-14-28-23)31-6-9-33-10-7-31/h1-5,8,11-12,14,32H,6-7,9-10,13H2. The third-order valence-corrected chi connectivity index (χ3v) is 6.03. The molecule has 1 aliphatic rings. The highest BCUT2D eigenvalue weighted by Crippen LogP contribution is 2.33. The van der Waals surface area contributed by atoms with Crippen LogP contribution in [-0.4, -0.2) is 51.3 Å². The maximum atomic E-state index is 15.0. The van der Waals surface area contributed by atoms with Crippen molar-refractivity contribution in [2.75, 3.05) is 31.2 Å². The SMILES string of the molecule is OCc1nc(-c2ccc(F)c(-c3ncnc4cc(N5CCOCC5)ccc34)c2)nc2occc12. The fourth-order valence-corrected chi connectivity index (χ4v) is 4.29. The summed E-state index contributed by atoms with van der Waals surface area (Å²) in [7, 11) is 0. The van der Waals surface area contributed by atoms with Gasteiger partial charge in [-0.25, -0.2) is 19.3 Å². The van der Waals surface area contributed by atoms with Crippen LogP contribution in [-0.2, 0) is 11.3 Å². The molecule has 0 saturated carbocycles. The Morgan fingerprint density at radius 2 is 1.85 bits per heavy atom. The number of hydrogen-bond acceptors (Lipinski definition) is 8. The van der Waals surface area contributed by atoms with Crippen LogP contribution >= 0.6 is 0 Å². The van der Waals surface area contributed by atoms with Gasteiger partial charge >= 0.3 is 0 Å². The van der Waals surface area contributed by atoms with Crippen molar-refractivity contribution in [3.05, 3.63) is 66.6 Å². The number of aromatic nitrogens is 4. The lowest BCUT2D eigenvalue weighted by Crippen LogP contribution is -2.36. The Morgan fingerprint density at radius 3 is 2.71 bits per heavy atom. The number of ether oxygens (including phenoxy) is 1. The van der Waals surface area contributed by atoms with Crippen LogP contribution in [0.25, 0.3) is 44.6 Å². The number of anilines is 1. The molecule has 2 aromatic carbocycles. The molecule has 0 atom stereocenters. The Balaban J connectivity index is 1.45. The largest absolute Gasteiger partial charge is 0.446 e. The van der Waals surface area contributed by atoms with Gasteiger partial charge in [-0.1, -0.05) is 0 Å². The monoisotopic (exact) mass is 457 g/mol. The van der Waals surface area contributed by atoms with Gasteiger partial charge in [-0.05, 0) is 42.5 Å². The second kappa shape index (κ2) is 8.44. The maximum absolute atomic E-state index is 15.0. The normalized spacial score (nSPS) is 14.2. The van der Waals surface area contributed by atoms with Crippen LogP contribution in [0.15, 0.2) is 59.5 Å². The number of halogens is 1. The quantitative estimate of drug-likeness (QED) is 0.433. The first kappa shape index (κ1) is 20.6. The zero-order chi connectivity index (χ0) is 23.1. The number of hydrogen-bond donors (Lipinski definition) is 1. The number of furan rings is 1. The Hall–Kier alpha value is -3.95. The summed E-state index contributed by atoms with van der Waals surface area (Å²) in [6.45, 7) is 2.75. The molecule has 6 rings (SSSR count). The number of fused-ring (bicyclic) bond motifs is 2. The van der Waals surface area contributed by atoms with Crippen molar-refractivity contribution in [1.82, 2.24) is 19.9 Å². The summed E-state index contributed by atoms with van der Waals surface area (Å²) in [5, 5.41) is 11.1. The van der Waals surface area contributed by atoms with Gasteiger partial charge < -0.3 is 19.2 Å². The van der Waals surface area contributed by atoms with E-state index in [1.165, 1.54) is 18.7 Å². The third kappa shape index (κ3) is 3.55. The van der Waals surface area contributed by atoms with Crippen molar-refractivity contribution in [3.63, 3.8) is 0 Å². The molecule has 4 heterocycles. The molecular weight excluding hydrogens is 437 g/mol. The molecule has 1 fully saturated rings. The van der Waals surface area contributed by atoms with E-state index in [-0.39, 0.29) is 6.61 Å². The fourth-order valence-electron chi connectivity index (χ4n) is 4.29. The molecule has 1 aliphatic heterocycles. The Bertz CT molecular complexity index is 1510. The van der Waals surface area contributed by atoms with E-state index in [1.54, 1.807) is 18.2 Å². The smallest absolute Gasteiger partial charge is 0.229 e. The van der Waals surface area contributed by atoms with E-state index in [9.17, 15) is 5.11 Å². The van der Waals surface area contributed by atoms with Gasteiger partial charge in [-0.2, -0.15) is 4.98 Å². The van der Waals surface area contributed by atoms with E-state index in [1.807, 2.05) is 18.2 Å². The third-order valence-electron chi connectivity index (χ3n) is 6.03. The summed E-state index contributed by atoms with van der Waals surface area (Å²) < 4.78 is 25.9. The van der Waals surface area contributed by atoms with E-state index in [0.717, 1.165) is 29.7 Å². The molecule has 3 aromatic heterocycles. The number of rotatable bonds is 4. The lowest BCUT2D eigenvalue weighted by molar-refractivity contribution is 0.122. The van der Waals surface area contributed by atoms with Crippen LogP contribution < -0.4 is 4.90 Å². The highest BCUT2D eigenvalue weighted by molar-refractivity contribution is 5.94. The summed E-state index contributed by atoms with van der Waals surface area (Å²) in [5.74, 6) is -0.0804. The van der Waals surface area contributed by atoms with Gasteiger partial charge in [-0.15, -0.1) is 0 Å². The van der Waals surface area contributed by atoms with Gasteiger partial charge in [0.2, 0.25) is 5.71 Å². The summed E-state index contributed by atoms with van der Waals surface area (Å²) in [6.07, 6.45) is 2.94. The Morgan fingerprint density at radius 1 is 0.971 bits per heavy atom. The highest BCUT2D eigenvalue weighted by Gasteiger charge is 2.17. The number of aliphatic hydroxyl groups excluding tert-OH is 1. The molecule has 0 unspecified atom stereocenters. The van der Waals surface area contributed by atoms with E-state index in [4.69, 9.17) is 9.15 Å². The fraction of sp³-hybridized carbons (Fsp3) is 0.200. The van der Waals surface area contributed by atoms with E-state index in [2.05, 4.69) is 24.8 Å². The van der Waals surface area contributed by atoms with Crippen LogP contribution in [0.2, 0.25) is 0 Å². The minimum atomic E-state index is -0.414. The maximum Gasteiger partial charge on any atom is 0.229 e. The van der Waals surface area contributed by atoms with Gasteiger partial charge in [0.15, 0.2) is 5.82 Å². The molecule has 34 heavy (non-hydrogen) atoms. The first-order chi connectivity index (χ1) is 16.7. The predicted molar refractivity (Wildman–Crippen MR) is 125 cm³/mol. The van der Waals surface area contributed by atoms with Gasteiger partial charge in [0.25, 0.3) is 0 Å². The second-order valence-electron chi connectivity index (χ2n) is 8.01. The highest BCUT2D eigenvalue weighted by atomic mass is 19.1. The average molecular weight is 457 g/mol. The number of aliphatic hydroxyl groups is 1. The predicted octanol–water partition coefficient (Wildman–Crippen LogP) is 3.97. The van der Waals surface area contributed by atoms with Crippen molar-refractivity contribution >= 4 is 27.7 Å². The zero-order valence-electron chi connectivity index (χ0n) is 18.1. The van der Waals surface area contributed by atoms with Crippen molar-refractivity contribution in [3.8, 4) is 22.6 Å². The average Bonchev–Trinajstić information content (AvgIpc) is 3.37. The van der Waals surface area contributed by atoms with Crippen LogP contribution in [0.5, 0.6) is 0 Å². The summed E-state index contributed by atoms with van der Waals surface area (Å²) in [5.41, 5.74) is 3.98. The lowest BCUT2D eigenvalue weighted by Gasteiger charge is -2.29. The molecule has 1 saturated heterocycles. The molecule has 1 N–H and O–H groups in total. The number of morpholine rings is 1. The van der Waals surface area contributed by atoms with E-state index < -0.39 is 5.82 Å². The van der Waals surface area contributed by atoms with Gasteiger partial charge in [0, 0.05) is 35.3 Å². The molecule has 8 nitrogen and oxygen atoms in total. The zero-order valence-corrected chi connectivity index (χ0v) is 18.1. The second-order valence-corrected chi connectivity index (χ2v) is 8.01. The molecule has 9 heteroatoms. The van der Waals surface area contributed by atoms with Crippen LogP contribution in [0.1, 0.15) is 5.69 Å². The Kier molecular flexibility index (Phi) is 5.12. The van der Waals surface area contributed by atoms with Gasteiger partial charge in [0.1, 0.15) is 12.1 Å². The topological polar surface area (TPSA) is 97.4 Å². The number of benzene rings is 2.